The number of nitrogens with two attached hydrogens (primary N) is 1. The Morgan fingerprint density at radius 3 is 2.47 bits per heavy atom. The maximum absolute atomic E-state index is 12.2. The summed E-state index contributed by atoms with van der Waals surface area (Å²) in [5, 5.41) is 3.24. The summed E-state index contributed by atoms with van der Waals surface area (Å²) in [5.74, 6) is 0.788. The van der Waals surface area contributed by atoms with E-state index in [0.717, 1.165) is 11.1 Å². The molecule has 164 valence electrons. The predicted octanol–water partition coefficient (Wildman–Crippen LogP) is 2.98. The van der Waals surface area contributed by atoms with Gasteiger partial charge in [0.25, 0.3) is 5.91 Å². The van der Waals surface area contributed by atoms with E-state index in [1.54, 1.807) is 25.2 Å². The number of ether oxygens (including phenoxy) is 2. The van der Waals surface area contributed by atoms with Gasteiger partial charge < -0.3 is 25.4 Å². The van der Waals surface area contributed by atoms with Gasteiger partial charge in [-0.2, -0.15) is 8.78 Å². The van der Waals surface area contributed by atoms with Gasteiger partial charge in [-0.15, -0.1) is 24.0 Å². The van der Waals surface area contributed by atoms with Crippen molar-refractivity contribution in [1.82, 2.24) is 10.2 Å². The molecule has 0 spiro atoms. The van der Waals surface area contributed by atoms with Crippen molar-refractivity contribution in [3.05, 3.63) is 59.7 Å². The fraction of sp³-hybridized carbons (Fsp3) is 0.300. The molecule has 0 saturated heterocycles. The second-order valence-electron chi connectivity index (χ2n) is 6.18. The fourth-order valence-electron chi connectivity index (χ4n) is 2.59. The monoisotopic (exact) mass is 534 g/mol. The molecule has 0 radical (unpaired) electrons. The van der Waals surface area contributed by atoms with Crippen molar-refractivity contribution in [2.75, 3.05) is 20.7 Å². The van der Waals surface area contributed by atoms with Crippen molar-refractivity contribution in [3.8, 4) is 11.5 Å². The highest BCUT2D eigenvalue weighted by atomic mass is 127. The van der Waals surface area contributed by atoms with E-state index in [2.05, 4.69) is 15.0 Å². The first-order chi connectivity index (χ1) is 13.9. The lowest BCUT2D eigenvalue weighted by Gasteiger charge is -2.22. The van der Waals surface area contributed by atoms with Crippen LogP contribution in [0.5, 0.6) is 11.5 Å². The molecule has 1 amide bonds. The van der Waals surface area contributed by atoms with Crippen LogP contribution in [0, 0.1) is 0 Å². The maximum Gasteiger partial charge on any atom is 0.387 e. The summed E-state index contributed by atoms with van der Waals surface area (Å²) in [4.78, 5) is 17.0. The summed E-state index contributed by atoms with van der Waals surface area (Å²) >= 11 is 0. The molecule has 7 nitrogen and oxygen atoms in total. The van der Waals surface area contributed by atoms with E-state index < -0.39 is 12.5 Å². The number of carbonyl (C=O) groups is 1. The number of amides is 1. The number of halogens is 3. The number of nitrogens with zero attached hydrogens (tertiary/aromatic N) is 2. The van der Waals surface area contributed by atoms with Crippen LogP contribution in [0.25, 0.3) is 0 Å². The van der Waals surface area contributed by atoms with E-state index in [0.29, 0.717) is 24.8 Å². The van der Waals surface area contributed by atoms with E-state index >= 15 is 0 Å². The Labute approximate surface area is 191 Å². The van der Waals surface area contributed by atoms with E-state index in [1.807, 2.05) is 30.1 Å². The van der Waals surface area contributed by atoms with Crippen LogP contribution in [0.3, 0.4) is 0 Å². The van der Waals surface area contributed by atoms with E-state index in [4.69, 9.17) is 10.5 Å². The maximum atomic E-state index is 12.2. The number of hydrogen-bond acceptors (Lipinski definition) is 4. The fourth-order valence-corrected chi connectivity index (χ4v) is 2.59. The second-order valence-corrected chi connectivity index (χ2v) is 6.18. The van der Waals surface area contributed by atoms with E-state index in [9.17, 15) is 13.6 Å². The van der Waals surface area contributed by atoms with Gasteiger partial charge in [0.2, 0.25) is 0 Å². The van der Waals surface area contributed by atoms with Gasteiger partial charge in [-0.1, -0.05) is 24.3 Å². The average molecular weight is 534 g/mol. The molecular weight excluding hydrogens is 509 g/mol. The van der Waals surface area contributed by atoms with Crippen LogP contribution in [0.4, 0.5) is 8.78 Å². The van der Waals surface area contributed by atoms with E-state index in [1.165, 1.54) is 12.1 Å². The van der Waals surface area contributed by atoms with Gasteiger partial charge in [0.1, 0.15) is 11.5 Å². The average Bonchev–Trinajstić information content (AvgIpc) is 2.68. The number of carbonyl (C=O) groups excluding carboxylic acids is 1. The highest BCUT2D eigenvalue weighted by molar-refractivity contribution is 14.0. The quantitative estimate of drug-likeness (QED) is 0.294. The molecule has 0 saturated carbocycles. The van der Waals surface area contributed by atoms with Gasteiger partial charge in [0, 0.05) is 27.2 Å². The Morgan fingerprint density at radius 1 is 1.17 bits per heavy atom. The van der Waals surface area contributed by atoms with Gasteiger partial charge in [-0.3, -0.25) is 9.79 Å². The lowest BCUT2D eigenvalue weighted by molar-refractivity contribution is -0.119. The molecule has 0 unspecified atom stereocenters. The van der Waals surface area contributed by atoms with Crippen LogP contribution in [-0.4, -0.2) is 44.1 Å². The van der Waals surface area contributed by atoms with Crippen molar-refractivity contribution in [2.45, 2.75) is 19.7 Å². The molecule has 30 heavy (non-hydrogen) atoms. The molecule has 0 heterocycles. The molecule has 0 aliphatic rings. The summed E-state index contributed by atoms with van der Waals surface area (Å²) in [6.07, 6.45) is 0. The SMILES string of the molecule is CN=C(NCc1cccc(OCC(N)=O)c1)N(C)Cc1ccc(OC(F)F)cc1.I. The third kappa shape index (κ3) is 8.80. The molecule has 3 N–H and O–H groups in total. The van der Waals surface area contributed by atoms with Gasteiger partial charge in [0.05, 0.1) is 0 Å². The Bertz CT molecular complexity index is 835. The number of benzene rings is 2. The van der Waals surface area contributed by atoms with Crippen molar-refractivity contribution in [3.63, 3.8) is 0 Å². The molecule has 10 heteroatoms. The van der Waals surface area contributed by atoms with E-state index in [-0.39, 0.29) is 36.3 Å². The first-order valence-electron chi connectivity index (χ1n) is 8.83. The number of alkyl halides is 2. The number of aliphatic imine (C=N–C) groups is 1. The molecule has 2 aromatic carbocycles. The molecule has 0 bridgehead atoms. The standard InChI is InChI=1S/C20H24F2N4O3.HI/c1-24-20(25-11-15-4-3-5-17(10-15)28-13-18(23)27)26(2)12-14-6-8-16(9-7-14)29-19(21)22;/h3-10,19H,11-13H2,1-2H3,(H2,23,27)(H,24,25);1H. The van der Waals surface area contributed by atoms with Gasteiger partial charge in [-0.25, -0.2) is 0 Å². The minimum atomic E-state index is -2.84. The summed E-state index contributed by atoms with van der Waals surface area (Å²) in [6, 6.07) is 13.7. The molecule has 2 rings (SSSR count). The third-order valence-corrected chi connectivity index (χ3v) is 3.87. The highest BCUT2D eigenvalue weighted by Gasteiger charge is 2.09. The summed E-state index contributed by atoms with van der Waals surface area (Å²) < 4.78 is 34.1. The van der Waals surface area contributed by atoms with Crippen LogP contribution in [0.2, 0.25) is 0 Å². The largest absolute Gasteiger partial charge is 0.484 e. The minimum Gasteiger partial charge on any atom is -0.484 e. The Hall–Kier alpha value is -2.63. The summed E-state index contributed by atoms with van der Waals surface area (Å²) in [5.41, 5.74) is 6.94. The van der Waals surface area contributed by atoms with Crippen LogP contribution >= 0.6 is 24.0 Å². The number of guanidine groups is 1. The molecule has 0 fully saturated rings. The Balaban J connectivity index is 0.00000450. The van der Waals surface area contributed by atoms with Gasteiger partial charge in [-0.05, 0) is 35.4 Å². The Kier molecular flexibility index (Phi) is 10.9. The topological polar surface area (TPSA) is 89.2 Å². The molecule has 0 aromatic heterocycles. The van der Waals surface area contributed by atoms with Crippen LogP contribution in [0.1, 0.15) is 11.1 Å². The third-order valence-electron chi connectivity index (χ3n) is 3.87. The van der Waals surface area contributed by atoms with Crippen molar-refractivity contribution < 1.29 is 23.0 Å². The molecule has 0 aliphatic carbocycles. The van der Waals surface area contributed by atoms with Gasteiger partial charge >= 0.3 is 6.61 Å². The van der Waals surface area contributed by atoms with Gasteiger partial charge in [0.15, 0.2) is 12.6 Å². The number of nitrogens with one attached hydrogen (secondary N) is 1. The molecule has 0 aliphatic heterocycles. The zero-order chi connectivity index (χ0) is 21.2. The zero-order valence-corrected chi connectivity index (χ0v) is 19.0. The van der Waals surface area contributed by atoms with Crippen LogP contribution < -0.4 is 20.5 Å². The summed E-state index contributed by atoms with van der Waals surface area (Å²) in [6.45, 7) is -2.00. The molecule has 2 aromatic rings. The van der Waals surface area contributed by atoms with Crippen molar-refractivity contribution in [2.24, 2.45) is 10.7 Å². The number of hydrogen-bond donors (Lipinski definition) is 2. The zero-order valence-electron chi connectivity index (χ0n) is 16.7. The van der Waals surface area contributed by atoms with Crippen LogP contribution in [-0.2, 0) is 17.9 Å². The first-order valence-corrected chi connectivity index (χ1v) is 8.83. The number of primary amides is 1. The normalized spacial score (nSPS) is 10.9. The van der Waals surface area contributed by atoms with Crippen molar-refractivity contribution in [1.29, 1.82) is 0 Å². The summed E-state index contributed by atoms with van der Waals surface area (Å²) in [7, 11) is 3.54. The lowest BCUT2D eigenvalue weighted by atomic mass is 10.2. The van der Waals surface area contributed by atoms with Crippen molar-refractivity contribution >= 4 is 35.8 Å². The predicted molar refractivity (Wildman–Crippen MR) is 121 cm³/mol. The Morgan fingerprint density at radius 2 is 1.87 bits per heavy atom. The minimum absolute atomic E-state index is 0. The second kappa shape index (κ2) is 12.8. The number of rotatable bonds is 9. The van der Waals surface area contributed by atoms with Crippen LogP contribution in [0.15, 0.2) is 53.5 Å². The molecular formula is C20H25F2IN4O3. The first kappa shape index (κ1) is 25.4. The highest BCUT2D eigenvalue weighted by Crippen LogP contribution is 2.16. The lowest BCUT2D eigenvalue weighted by Crippen LogP contribution is -2.38. The molecule has 0 atom stereocenters. The smallest absolute Gasteiger partial charge is 0.387 e.